The number of Topliss-reactive ketones (excluding diaryl/α,β-unsaturated/α-hetero) is 1. The summed E-state index contributed by atoms with van der Waals surface area (Å²) in [5, 5.41) is 3.15. The number of carbonyl (C=O) groups excluding carboxylic acids is 4. The number of nitrogens with one attached hydrogen (secondary N) is 1. The van der Waals surface area contributed by atoms with Gasteiger partial charge in [-0.2, -0.15) is 0 Å². The molecular weight excluding hydrogens is 631 g/mol. The highest BCUT2D eigenvalue weighted by molar-refractivity contribution is 9.10. The van der Waals surface area contributed by atoms with Crippen LogP contribution in [0, 0.1) is 0 Å². The van der Waals surface area contributed by atoms with Crippen LogP contribution < -0.4 is 5.32 Å². The Bertz CT molecular complexity index is 1710. The molecule has 10 nitrogen and oxygen atoms in total. The summed E-state index contributed by atoms with van der Waals surface area (Å²) in [6.07, 6.45) is 0.324. The molecule has 13 heteroatoms. The Morgan fingerprint density at radius 3 is 2.52 bits per heavy atom. The van der Waals surface area contributed by atoms with Crippen LogP contribution in [0.15, 0.2) is 62.4 Å². The number of fused-ring (bicyclic) bond motifs is 1. The molecule has 1 saturated heterocycles. The van der Waals surface area contributed by atoms with E-state index in [1.807, 2.05) is 0 Å². The lowest BCUT2D eigenvalue weighted by Crippen LogP contribution is -2.44. The zero-order chi connectivity index (χ0) is 31.0. The maximum Gasteiger partial charge on any atom is 0.442 e. The molecule has 42 heavy (non-hydrogen) atoms. The molecular formula is C29H32BrFN4O6S. The maximum atomic E-state index is 14.5. The molecule has 1 aliphatic rings. The number of hydrogen-bond acceptors (Lipinski definition) is 6. The van der Waals surface area contributed by atoms with E-state index in [-0.39, 0.29) is 35.8 Å². The van der Waals surface area contributed by atoms with Gasteiger partial charge in [0.05, 0.1) is 16.3 Å². The fourth-order valence-corrected chi connectivity index (χ4v) is 6.22. The topological polar surface area (TPSA) is 127 Å². The Morgan fingerprint density at radius 2 is 1.88 bits per heavy atom. The quantitative estimate of drug-likeness (QED) is 0.344. The van der Waals surface area contributed by atoms with E-state index in [0.29, 0.717) is 16.6 Å². The number of rotatable bonds is 6. The number of halogens is 2. The average molecular weight is 664 g/mol. The Kier molecular flexibility index (Phi) is 8.93. The van der Waals surface area contributed by atoms with Crippen LogP contribution in [0.1, 0.15) is 44.5 Å². The molecule has 1 aliphatic heterocycles. The minimum absolute atomic E-state index is 0.133. The first-order chi connectivity index (χ1) is 19.5. The predicted molar refractivity (Wildman–Crippen MR) is 161 cm³/mol. The third kappa shape index (κ3) is 7.24. The molecule has 3 aromatic rings. The number of ketones is 1. The van der Waals surface area contributed by atoms with Gasteiger partial charge in [0, 0.05) is 50.4 Å². The second-order valence-corrected chi connectivity index (χ2v) is 14.3. The minimum Gasteiger partial charge on any atom is -0.442 e. The van der Waals surface area contributed by atoms with Crippen LogP contribution in [0.25, 0.3) is 10.9 Å². The first-order valence-electron chi connectivity index (χ1n) is 13.1. The van der Waals surface area contributed by atoms with Crippen LogP contribution in [0.3, 0.4) is 0 Å². The third-order valence-corrected chi connectivity index (χ3v) is 8.70. The molecule has 224 valence electrons. The summed E-state index contributed by atoms with van der Waals surface area (Å²) in [6, 6.07) is 10.5. The number of aromatic nitrogens is 1. The van der Waals surface area contributed by atoms with Crippen molar-refractivity contribution < 1.29 is 32.5 Å². The summed E-state index contributed by atoms with van der Waals surface area (Å²) in [5.41, 5.74) is 0.437. The van der Waals surface area contributed by atoms with Gasteiger partial charge in [0.2, 0.25) is 11.8 Å². The molecule has 0 saturated carbocycles. The van der Waals surface area contributed by atoms with Gasteiger partial charge >= 0.3 is 6.09 Å². The molecule has 0 aliphatic carbocycles. The van der Waals surface area contributed by atoms with Crippen LogP contribution >= 0.6 is 15.9 Å². The summed E-state index contributed by atoms with van der Waals surface area (Å²) in [6.45, 7) is 5.86. The van der Waals surface area contributed by atoms with Crippen molar-refractivity contribution in [3.8, 4) is 0 Å². The van der Waals surface area contributed by atoms with Gasteiger partial charge in [-0.3, -0.25) is 14.4 Å². The van der Waals surface area contributed by atoms with E-state index < -0.39 is 45.5 Å². The number of likely N-dealkylation sites (tertiary alicyclic amines) is 1. The van der Waals surface area contributed by atoms with Gasteiger partial charge in [0.25, 0.3) is 0 Å². The Labute approximate surface area is 251 Å². The summed E-state index contributed by atoms with van der Waals surface area (Å²) in [4.78, 5) is 52.6. The predicted octanol–water partition coefficient (Wildman–Crippen LogP) is 5.58. The van der Waals surface area contributed by atoms with Gasteiger partial charge in [-0.25, -0.2) is 13.4 Å². The molecule has 3 atom stereocenters. The van der Waals surface area contributed by atoms with Crippen molar-refractivity contribution in [2.45, 2.75) is 63.4 Å². The smallest absolute Gasteiger partial charge is 0.442 e. The number of ether oxygens (including phenoxy) is 1. The molecule has 4 rings (SSSR count). The number of alkyl halides is 1. The van der Waals surface area contributed by atoms with Crippen molar-refractivity contribution in [1.82, 2.24) is 9.47 Å². The van der Waals surface area contributed by atoms with E-state index in [4.69, 9.17) is 4.74 Å². The van der Waals surface area contributed by atoms with E-state index in [9.17, 15) is 27.8 Å². The zero-order valence-corrected chi connectivity index (χ0v) is 26.3. The monoisotopic (exact) mass is 662 g/mol. The molecule has 0 spiro atoms. The van der Waals surface area contributed by atoms with Gasteiger partial charge < -0.3 is 19.5 Å². The minimum atomic E-state index is -3.23. The number of hydrogen-bond donors (Lipinski definition) is 1. The summed E-state index contributed by atoms with van der Waals surface area (Å²) in [5.74, 6) is -1.30. The first-order valence-corrected chi connectivity index (χ1v) is 15.8. The molecule has 0 bridgehead atoms. The molecule has 2 aromatic carbocycles. The van der Waals surface area contributed by atoms with Gasteiger partial charge in [-0.05, 0) is 64.1 Å². The number of anilines is 1. The number of nitrogens with zero attached hydrogens (tertiary/aromatic N) is 3. The molecule has 3 amide bonds. The van der Waals surface area contributed by atoms with Gasteiger partial charge in [-0.1, -0.05) is 22.0 Å². The Morgan fingerprint density at radius 1 is 1.17 bits per heavy atom. The Hall–Kier alpha value is -3.58. The lowest BCUT2D eigenvalue weighted by Gasteiger charge is -2.24. The zero-order valence-electron chi connectivity index (χ0n) is 23.9. The average Bonchev–Trinajstić information content (AvgIpc) is 3.43. The van der Waals surface area contributed by atoms with Crippen LogP contribution in [0.4, 0.5) is 14.9 Å². The van der Waals surface area contributed by atoms with Crippen molar-refractivity contribution in [3.05, 3.63) is 58.7 Å². The lowest BCUT2D eigenvalue weighted by molar-refractivity contribution is -0.137. The maximum absolute atomic E-state index is 14.5. The van der Waals surface area contributed by atoms with E-state index in [1.165, 1.54) is 41.0 Å². The molecule has 2 heterocycles. The van der Waals surface area contributed by atoms with Gasteiger partial charge in [0.15, 0.2) is 5.78 Å². The van der Waals surface area contributed by atoms with Crippen LogP contribution in [-0.2, 0) is 30.6 Å². The standard InChI is InChI=1S/C29H32BrFN4O6S/c1-17(36)23-15-34(24-10-9-21(13-22(23)24)42(5,40)33-28(39)41-29(2,3)4)16-26(37)35-14-19(31)12-25(35)27(38)32-20-8-6-7-18(30)11-20/h6-11,13,15,19,25H,12,14,16H2,1-5H3,(H,32,38)/t19-,25+,42?/m1/s1. The number of amides is 3. The molecule has 0 radical (unpaired) electrons. The molecule has 1 N–H and O–H groups in total. The molecule has 1 aromatic heterocycles. The second-order valence-electron chi connectivity index (χ2n) is 11.2. The SMILES string of the molecule is CC(=O)c1cn(CC(=O)N2C[C@H](F)C[C@H]2C(=O)Nc2cccc(Br)c2)c2ccc(S(C)(=O)=NC(=O)OC(C)(C)C)cc12. The van der Waals surface area contributed by atoms with E-state index in [0.717, 1.165) is 4.47 Å². The highest BCUT2D eigenvalue weighted by Gasteiger charge is 2.40. The van der Waals surface area contributed by atoms with E-state index in [2.05, 4.69) is 25.6 Å². The van der Waals surface area contributed by atoms with E-state index in [1.54, 1.807) is 51.1 Å². The fraction of sp³-hybridized carbons (Fsp3) is 0.379. The lowest BCUT2D eigenvalue weighted by atomic mass is 10.1. The van der Waals surface area contributed by atoms with Crippen molar-refractivity contribution >= 4 is 65.9 Å². The summed E-state index contributed by atoms with van der Waals surface area (Å²) in [7, 11) is -3.23. The number of carbonyl (C=O) groups is 4. The van der Waals surface area contributed by atoms with Crippen LogP contribution in [0.5, 0.6) is 0 Å². The van der Waals surface area contributed by atoms with Crippen molar-refractivity contribution in [1.29, 1.82) is 0 Å². The van der Waals surface area contributed by atoms with Crippen molar-refractivity contribution in [2.24, 2.45) is 4.36 Å². The normalized spacial score (nSPS) is 18.4. The van der Waals surface area contributed by atoms with Crippen LogP contribution in [-0.4, -0.2) is 68.0 Å². The highest BCUT2D eigenvalue weighted by atomic mass is 79.9. The van der Waals surface area contributed by atoms with Crippen molar-refractivity contribution in [3.63, 3.8) is 0 Å². The van der Waals surface area contributed by atoms with Gasteiger partial charge in [-0.15, -0.1) is 4.36 Å². The Balaban J connectivity index is 1.62. The summed E-state index contributed by atoms with van der Waals surface area (Å²) < 4.78 is 39.1. The van der Waals surface area contributed by atoms with Crippen LogP contribution in [0.2, 0.25) is 0 Å². The first kappa shape index (κ1) is 31.4. The number of benzene rings is 2. The summed E-state index contributed by atoms with van der Waals surface area (Å²) >= 11 is 3.34. The van der Waals surface area contributed by atoms with E-state index >= 15 is 0 Å². The highest BCUT2D eigenvalue weighted by Crippen LogP contribution is 2.28. The second kappa shape index (κ2) is 12.0. The largest absolute Gasteiger partial charge is 0.442 e. The fourth-order valence-electron chi connectivity index (χ4n) is 4.74. The van der Waals surface area contributed by atoms with Crippen molar-refractivity contribution in [2.75, 3.05) is 18.1 Å². The molecule has 1 unspecified atom stereocenters. The van der Waals surface area contributed by atoms with Gasteiger partial charge in [0.1, 0.15) is 24.4 Å². The third-order valence-electron chi connectivity index (χ3n) is 6.58. The molecule has 1 fully saturated rings.